The van der Waals surface area contributed by atoms with E-state index < -0.39 is 5.82 Å². The van der Waals surface area contributed by atoms with Gasteiger partial charge in [0, 0.05) is 22.4 Å². The molecule has 0 aliphatic heterocycles. The summed E-state index contributed by atoms with van der Waals surface area (Å²) < 4.78 is 14.3. The highest BCUT2D eigenvalue weighted by molar-refractivity contribution is 9.10. The van der Waals surface area contributed by atoms with Gasteiger partial charge in [0.15, 0.2) is 11.6 Å². The van der Waals surface area contributed by atoms with Gasteiger partial charge in [-0.3, -0.25) is 0 Å². The molecule has 0 fully saturated rings. The third-order valence-electron chi connectivity index (χ3n) is 2.51. The number of benzene rings is 1. The van der Waals surface area contributed by atoms with Crippen molar-refractivity contribution >= 4 is 27.4 Å². The van der Waals surface area contributed by atoms with E-state index >= 15 is 0 Å². The lowest BCUT2D eigenvalue weighted by molar-refractivity contribution is 0.625. The molecule has 18 heavy (non-hydrogen) atoms. The second-order valence-electron chi connectivity index (χ2n) is 3.98. The zero-order chi connectivity index (χ0) is 13.1. The highest BCUT2D eigenvalue weighted by Gasteiger charge is 2.09. The standard InChI is InChI=1S/C13H13BrFN3/c1-8(16)10-4-2-3-5-12(10)18-13-11(15)6-9(14)7-17-13/h2-8H,16H2,1H3,(H,17,18). The van der Waals surface area contributed by atoms with Crippen molar-refractivity contribution in [3.8, 4) is 0 Å². The number of aromatic nitrogens is 1. The minimum atomic E-state index is -0.413. The van der Waals surface area contributed by atoms with Gasteiger partial charge in [0.25, 0.3) is 0 Å². The zero-order valence-electron chi connectivity index (χ0n) is 9.82. The number of para-hydroxylation sites is 1. The maximum atomic E-state index is 13.7. The number of rotatable bonds is 3. The second-order valence-corrected chi connectivity index (χ2v) is 4.90. The first kappa shape index (κ1) is 13.0. The van der Waals surface area contributed by atoms with E-state index in [1.807, 2.05) is 31.2 Å². The lowest BCUT2D eigenvalue weighted by Gasteiger charge is -2.14. The number of hydrogen-bond acceptors (Lipinski definition) is 3. The monoisotopic (exact) mass is 309 g/mol. The van der Waals surface area contributed by atoms with E-state index in [0.29, 0.717) is 4.47 Å². The van der Waals surface area contributed by atoms with E-state index in [1.54, 1.807) is 6.20 Å². The van der Waals surface area contributed by atoms with Crippen molar-refractivity contribution < 1.29 is 4.39 Å². The predicted molar refractivity (Wildman–Crippen MR) is 74.2 cm³/mol. The summed E-state index contributed by atoms with van der Waals surface area (Å²) in [5.41, 5.74) is 7.55. The van der Waals surface area contributed by atoms with Crippen LogP contribution in [-0.4, -0.2) is 4.98 Å². The van der Waals surface area contributed by atoms with Crippen molar-refractivity contribution in [3.05, 3.63) is 52.4 Å². The molecule has 2 rings (SSSR count). The van der Waals surface area contributed by atoms with Crippen LogP contribution in [0.1, 0.15) is 18.5 Å². The zero-order valence-corrected chi connectivity index (χ0v) is 11.4. The van der Waals surface area contributed by atoms with Crippen LogP contribution in [0.2, 0.25) is 0 Å². The number of anilines is 2. The lowest BCUT2D eigenvalue weighted by Crippen LogP contribution is -2.08. The molecular weight excluding hydrogens is 297 g/mol. The number of pyridine rings is 1. The molecule has 0 aliphatic carbocycles. The molecule has 5 heteroatoms. The minimum absolute atomic E-state index is 0.132. The van der Waals surface area contributed by atoms with E-state index in [4.69, 9.17) is 5.73 Å². The van der Waals surface area contributed by atoms with Crippen LogP contribution in [0.3, 0.4) is 0 Å². The first-order valence-electron chi connectivity index (χ1n) is 5.50. The predicted octanol–water partition coefficient (Wildman–Crippen LogP) is 3.75. The van der Waals surface area contributed by atoms with Gasteiger partial charge in [-0.1, -0.05) is 18.2 Å². The Hall–Kier alpha value is -1.46. The molecule has 0 saturated carbocycles. The lowest BCUT2D eigenvalue weighted by atomic mass is 10.1. The average Bonchev–Trinajstić information content (AvgIpc) is 2.33. The fraction of sp³-hybridized carbons (Fsp3) is 0.154. The summed E-state index contributed by atoms with van der Waals surface area (Å²) in [5, 5.41) is 2.96. The molecule has 94 valence electrons. The molecular formula is C13H13BrFN3. The molecule has 0 spiro atoms. The molecule has 2 aromatic rings. The Morgan fingerprint density at radius 3 is 2.78 bits per heavy atom. The largest absolute Gasteiger partial charge is 0.338 e. The summed E-state index contributed by atoms with van der Waals surface area (Å²) in [6, 6.07) is 8.75. The number of nitrogens with one attached hydrogen (secondary N) is 1. The number of hydrogen-bond donors (Lipinski definition) is 2. The van der Waals surface area contributed by atoms with Crippen LogP contribution in [-0.2, 0) is 0 Å². The van der Waals surface area contributed by atoms with Crippen LogP contribution < -0.4 is 11.1 Å². The van der Waals surface area contributed by atoms with E-state index in [0.717, 1.165) is 11.3 Å². The van der Waals surface area contributed by atoms with Crippen LogP contribution in [0.4, 0.5) is 15.9 Å². The van der Waals surface area contributed by atoms with Crippen molar-refractivity contribution in [3.63, 3.8) is 0 Å². The summed E-state index contributed by atoms with van der Waals surface area (Å²) in [6.07, 6.45) is 1.54. The molecule has 0 bridgehead atoms. The van der Waals surface area contributed by atoms with Crippen molar-refractivity contribution in [1.29, 1.82) is 0 Å². The normalized spacial score (nSPS) is 12.2. The van der Waals surface area contributed by atoms with E-state index in [2.05, 4.69) is 26.2 Å². The Bertz CT molecular complexity index is 558. The van der Waals surface area contributed by atoms with Crippen molar-refractivity contribution in [2.24, 2.45) is 5.73 Å². The topological polar surface area (TPSA) is 50.9 Å². The van der Waals surface area contributed by atoms with Crippen LogP contribution in [0.15, 0.2) is 41.0 Å². The summed E-state index contributed by atoms with van der Waals surface area (Å²) in [7, 11) is 0. The third kappa shape index (κ3) is 2.86. The summed E-state index contributed by atoms with van der Waals surface area (Å²) in [4.78, 5) is 4.00. The Morgan fingerprint density at radius 1 is 1.39 bits per heavy atom. The number of nitrogens with zero attached hydrogens (tertiary/aromatic N) is 1. The molecule has 1 unspecified atom stereocenters. The Labute approximate surface area is 113 Å². The van der Waals surface area contributed by atoms with Gasteiger partial charge >= 0.3 is 0 Å². The fourth-order valence-corrected chi connectivity index (χ4v) is 1.95. The van der Waals surface area contributed by atoms with Gasteiger partial charge < -0.3 is 11.1 Å². The number of nitrogens with two attached hydrogens (primary N) is 1. The van der Waals surface area contributed by atoms with Crippen LogP contribution in [0, 0.1) is 5.82 Å². The Kier molecular flexibility index (Phi) is 3.93. The highest BCUT2D eigenvalue weighted by Crippen LogP contribution is 2.25. The number of halogens is 2. The fourth-order valence-electron chi connectivity index (χ4n) is 1.64. The molecule has 0 amide bonds. The van der Waals surface area contributed by atoms with Gasteiger partial charge in [-0.05, 0) is 40.5 Å². The summed E-state index contributed by atoms with van der Waals surface area (Å²) in [6.45, 7) is 1.88. The van der Waals surface area contributed by atoms with Crippen molar-refractivity contribution in [2.75, 3.05) is 5.32 Å². The van der Waals surface area contributed by atoms with E-state index in [9.17, 15) is 4.39 Å². The minimum Gasteiger partial charge on any atom is -0.338 e. The average molecular weight is 310 g/mol. The summed E-state index contributed by atoms with van der Waals surface area (Å²) in [5.74, 6) is -0.227. The Morgan fingerprint density at radius 2 is 2.11 bits per heavy atom. The molecule has 1 aromatic heterocycles. The van der Waals surface area contributed by atoms with Crippen molar-refractivity contribution in [2.45, 2.75) is 13.0 Å². The van der Waals surface area contributed by atoms with Crippen molar-refractivity contribution in [1.82, 2.24) is 4.98 Å². The molecule has 3 N–H and O–H groups in total. The molecule has 1 heterocycles. The van der Waals surface area contributed by atoms with Gasteiger partial charge in [-0.15, -0.1) is 0 Å². The quantitative estimate of drug-likeness (QED) is 0.908. The van der Waals surface area contributed by atoms with Gasteiger partial charge in [0.1, 0.15) is 0 Å². The molecule has 1 atom stereocenters. The maximum absolute atomic E-state index is 13.7. The molecule has 0 radical (unpaired) electrons. The molecule has 0 aliphatic rings. The van der Waals surface area contributed by atoms with Crippen LogP contribution >= 0.6 is 15.9 Å². The van der Waals surface area contributed by atoms with Gasteiger partial charge in [-0.2, -0.15) is 0 Å². The molecule has 0 saturated heterocycles. The Balaban J connectivity index is 2.34. The first-order chi connectivity index (χ1) is 8.58. The van der Waals surface area contributed by atoms with Crippen LogP contribution in [0.25, 0.3) is 0 Å². The molecule has 3 nitrogen and oxygen atoms in total. The first-order valence-corrected chi connectivity index (χ1v) is 6.30. The SMILES string of the molecule is CC(N)c1ccccc1Nc1ncc(Br)cc1F. The molecule has 1 aromatic carbocycles. The van der Waals surface area contributed by atoms with Crippen LogP contribution in [0.5, 0.6) is 0 Å². The summed E-state index contributed by atoms with van der Waals surface area (Å²) >= 11 is 3.17. The highest BCUT2D eigenvalue weighted by atomic mass is 79.9. The smallest absolute Gasteiger partial charge is 0.166 e. The van der Waals surface area contributed by atoms with E-state index in [-0.39, 0.29) is 11.9 Å². The van der Waals surface area contributed by atoms with E-state index in [1.165, 1.54) is 6.07 Å². The van der Waals surface area contributed by atoms with Gasteiger partial charge in [0.2, 0.25) is 0 Å². The second kappa shape index (κ2) is 5.46. The third-order valence-corrected chi connectivity index (χ3v) is 2.95. The van der Waals surface area contributed by atoms with Gasteiger partial charge in [0.05, 0.1) is 0 Å². The van der Waals surface area contributed by atoms with Gasteiger partial charge in [-0.25, -0.2) is 9.37 Å². The maximum Gasteiger partial charge on any atom is 0.166 e.